The number of hydrogen-bond acceptors (Lipinski definition) is 2. The number of amides is 1. The number of hydrogen-bond donors (Lipinski definition) is 1. The van der Waals surface area contributed by atoms with E-state index in [9.17, 15) is 4.79 Å². The lowest BCUT2D eigenvalue weighted by molar-refractivity contribution is 0.102. The van der Waals surface area contributed by atoms with Crippen molar-refractivity contribution in [3.8, 4) is 5.75 Å². The van der Waals surface area contributed by atoms with Crippen LogP contribution in [0.25, 0.3) is 6.08 Å². The van der Waals surface area contributed by atoms with Gasteiger partial charge in [0, 0.05) is 17.3 Å². The van der Waals surface area contributed by atoms with E-state index in [1.807, 2.05) is 42.5 Å². The number of nitrogens with one attached hydrogen (secondary N) is 1. The standard InChI is InChI=1S/C20H23NO2/c1-20(2,3)13-12-15-8-10-16(11-9-15)19(22)21-17-6-5-7-18(14-17)23-4/h5-14H,1-4H3,(H,21,22)/b13-12+. The Morgan fingerprint density at radius 1 is 1.09 bits per heavy atom. The largest absolute Gasteiger partial charge is 0.497 e. The highest BCUT2D eigenvalue weighted by atomic mass is 16.5. The summed E-state index contributed by atoms with van der Waals surface area (Å²) in [6, 6.07) is 14.9. The third-order valence-electron chi connectivity index (χ3n) is 3.28. The minimum Gasteiger partial charge on any atom is -0.497 e. The van der Waals surface area contributed by atoms with Crippen molar-refractivity contribution in [1.29, 1.82) is 0 Å². The van der Waals surface area contributed by atoms with E-state index in [2.05, 4.69) is 38.2 Å². The Labute approximate surface area is 138 Å². The highest BCUT2D eigenvalue weighted by Gasteiger charge is 2.07. The number of rotatable bonds is 4. The quantitative estimate of drug-likeness (QED) is 0.862. The van der Waals surface area contributed by atoms with Gasteiger partial charge in [-0.15, -0.1) is 0 Å². The molecule has 0 saturated carbocycles. The molecule has 2 rings (SSSR count). The molecule has 3 heteroatoms. The van der Waals surface area contributed by atoms with E-state index in [1.54, 1.807) is 13.2 Å². The van der Waals surface area contributed by atoms with Crippen molar-refractivity contribution < 1.29 is 9.53 Å². The van der Waals surface area contributed by atoms with Crippen molar-refractivity contribution in [2.75, 3.05) is 12.4 Å². The van der Waals surface area contributed by atoms with Gasteiger partial charge in [-0.25, -0.2) is 0 Å². The maximum Gasteiger partial charge on any atom is 0.255 e. The van der Waals surface area contributed by atoms with Gasteiger partial charge in [0.2, 0.25) is 0 Å². The second-order valence-electron chi connectivity index (χ2n) is 6.51. The van der Waals surface area contributed by atoms with E-state index in [0.717, 1.165) is 5.56 Å². The molecule has 0 heterocycles. The molecular formula is C20H23NO2. The van der Waals surface area contributed by atoms with Crippen molar-refractivity contribution in [2.24, 2.45) is 5.41 Å². The summed E-state index contributed by atoms with van der Waals surface area (Å²) < 4.78 is 5.15. The van der Waals surface area contributed by atoms with Crippen LogP contribution in [0.3, 0.4) is 0 Å². The summed E-state index contributed by atoms with van der Waals surface area (Å²) in [5, 5.41) is 2.87. The van der Waals surface area contributed by atoms with Gasteiger partial charge in [-0.05, 0) is 35.2 Å². The summed E-state index contributed by atoms with van der Waals surface area (Å²) in [5.74, 6) is 0.579. The van der Waals surface area contributed by atoms with Gasteiger partial charge in [0.1, 0.15) is 5.75 Å². The first-order valence-corrected chi connectivity index (χ1v) is 7.62. The van der Waals surface area contributed by atoms with Gasteiger partial charge in [0.15, 0.2) is 0 Å². The Morgan fingerprint density at radius 2 is 1.78 bits per heavy atom. The van der Waals surface area contributed by atoms with E-state index in [1.165, 1.54) is 0 Å². The Hall–Kier alpha value is -2.55. The predicted molar refractivity (Wildman–Crippen MR) is 95.9 cm³/mol. The number of anilines is 1. The summed E-state index contributed by atoms with van der Waals surface area (Å²) in [5.41, 5.74) is 2.56. The number of benzene rings is 2. The molecule has 0 bridgehead atoms. The third-order valence-corrected chi connectivity index (χ3v) is 3.28. The molecule has 23 heavy (non-hydrogen) atoms. The summed E-state index contributed by atoms with van der Waals surface area (Å²) in [6.45, 7) is 6.46. The predicted octanol–water partition coefficient (Wildman–Crippen LogP) is 5.01. The minimum atomic E-state index is -0.135. The summed E-state index contributed by atoms with van der Waals surface area (Å²) >= 11 is 0. The maximum atomic E-state index is 12.3. The zero-order chi connectivity index (χ0) is 16.9. The Balaban J connectivity index is 2.06. The van der Waals surface area contributed by atoms with Crippen molar-refractivity contribution in [2.45, 2.75) is 20.8 Å². The van der Waals surface area contributed by atoms with Crippen molar-refractivity contribution in [3.05, 3.63) is 65.7 Å². The van der Waals surface area contributed by atoms with Crippen LogP contribution in [0.5, 0.6) is 5.75 Å². The maximum absolute atomic E-state index is 12.3. The molecule has 0 aliphatic heterocycles. The second kappa shape index (κ2) is 7.14. The van der Waals surface area contributed by atoms with Gasteiger partial charge in [-0.2, -0.15) is 0 Å². The average Bonchev–Trinajstić information content (AvgIpc) is 2.53. The normalized spacial score (nSPS) is 11.5. The highest BCUT2D eigenvalue weighted by Crippen LogP contribution is 2.19. The highest BCUT2D eigenvalue weighted by molar-refractivity contribution is 6.04. The molecule has 1 amide bonds. The van der Waals surface area contributed by atoms with Gasteiger partial charge >= 0.3 is 0 Å². The molecule has 0 aromatic heterocycles. The number of carbonyl (C=O) groups excluding carboxylic acids is 1. The van der Waals surface area contributed by atoms with Crippen LogP contribution in [0.15, 0.2) is 54.6 Å². The Morgan fingerprint density at radius 3 is 2.39 bits per heavy atom. The fraction of sp³-hybridized carbons (Fsp3) is 0.250. The van der Waals surface area contributed by atoms with Gasteiger partial charge in [-0.1, -0.05) is 51.1 Å². The fourth-order valence-electron chi connectivity index (χ4n) is 2.00. The Bertz CT molecular complexity index is 694. The number of carbonyl (C=O) groups is 1. The molecule has 0 radical (unpaired) electrons. The van der Waals surface area contributed by atoms with Crippen LogP contribution >= 0.6 is 0 Å². The molecule has 0 aliphatic carbocycles. The van der Waals surface area contributed by atoms with Crippen LogP contribution in [-0.2, 0) is 0 Å². The SMILES string of the molecule is COc1cccc(NC(=O)c2ccc(/C=C/C(C)(C)C)cc2)c1. The van der Waals surface area contributed by atoms with E-state index >= 15 is 0 Å². The number of allylic oxidation sites excluding steroid dienone is 1. The van der Waals surface area contributed by atoms with Crippen molar-refractivity contribution >= 4 is 17.7 Å². The van der Waals surface area contributed by atoms with Gasteiger partial charge in [-0.3, -0.25) is 4.79 Å². The molecular weight excluding hydrogens is 286 g/mol. The van der Waals surface area contributed by atoms with Gasteiger partial charge in [0.25, 0.3) is 5.91 Å². The van der Waals surface area contributed by atoms with E-state index in [0.29, 0.717) is 17.0 Å². The molecule has 2 aromatic carbocycles. The van der Waals surface area contributed by atoms with Gasteiger partial charge < -0.3 is 10.1 Å². The fourth-order valence-corrected chi connectivity index (χ4v) is 2.00. The summed E-state index contributed by atoms with van der Waals surface area (Å²) in [7, 11) is 1.60. The first-order chi connectivity index (χ1) is 10.9. The monoisotopic (exact) mass is 309 g/mol. The average molecular weight is 309 g/mol. The van der Waals surface area contributed by atoms with E-state index in [4.69, 9.17) is 4.74 Å². The van der Waals surface area contributed by atoms with E-state index in [-0.39, 0.29) is 11.3 Å². The molecule has 0 fully saturated rings. The molecule has 0 spiro atoms. The summed E-state index contributed by atoms with van der Waals surface area (Å²) in [4.78, 5) is 12.3. The molecule has 2 aromatic rings. The van der Waals surface area contributed by atoms with Crippen LogP contribution in [0.1, 0.15) is 36.7 Å². The molecule has 0 saturated heterocycles. The molecule has 120 valence electrons. The van der Waals surface area contributed by atoms with Crippen molar-refractivity contribution in [3.63, 3.8) is 0 Å². The topological polar surface area (TPSA) is 38.3 Å². The van der Waals surface area contributed by atoms with Crippen molar-refractivity contribution in [1.82, 2.24) is 0 Å². The molecule has 1 N–H and O–H groups in total. The molecule has 0 aliphatic rings. The number of ether oxygens (including phenoxy) is 1. The zero-order valence-electron chi connectivity index (χ0n) is 14.1. The van der Waals surface area contributed by atoms with Gasteiger partial charge in [0.05, 0.1) is 7.11 Å². The molecule has 0 unspecified atom stereocenters. The smallest absolute Gasteiger partial charge is 0.255 e. The third kappa shape index (κ3) is 5.29. The van der Waals surface area contributed by atoms with Crippen LogP contribution in [0, 0.1) is 5.41 Å². The lowest BCUT2D eigenvalue weighted by Crippen LogP contribution is -2.11. The van der Waals surface area contributed by atoms with Crippen LogP contribution in [-0.4, -0.2) is 13.0 Å². The first kappa shape index (κ1) is 16.8. The van der Waals surface area contributed by atoms with Crippen LogP contribution < -0.4 is 10.1 Å². The second-order valence-corrected chi connectivity index (χ2v) is 6.51. The molecule has 3 nitrogen and oxygen atoms in total. The van der Waals surface area contributed by atoms with Crippen LogP contribution in [0.2, 0.25) is 0 Å². The lowest BCUT2D eigenvalue weighted by Gasteiger charge is -2.11. The minimum absolute atomic E-state index is 0.135. The lowest BCUT2D eigenvalue weighted by atomic mass is 9.95. The first-order valence-electron chi connectivity index (χ1n) is 7.62. The molecule has 0 atom stereocenters. The zero-order valence-corrected chi connectivity index (χ0v) is 14.1. The Kier molecular flexibility index (Phi) is 5.22. The van der Waals surface area contributed by atoms with E-state index < -0.39 is 0 Å². The van der Waals surface area contributed by atoms with Crippen LogP contribution in [0.4, 0.5) is 5.69 Å². The number of methoxy groups -OCH3 is 1. The summed E-state index contributed by atoms with van der Waals surface area (Å²) in [6.07, 6.45) is 4.22.